The van der Waals surface area contributed by atoms with E-state index in [1.54, 1.807) is 61.6 Å². The van der Waals surface area contributed by atoms with Gasteiger partial charge < -0.3 is 24.4 Å². The molecule has 2 aromatic carbocycles. The maximum absolute atomic E-state index is 13.6. The van der Waals surface area contributed by atoms with Crippen LogP contribution in [0.3, 0.4) is 0 Å². The van der Waals surface area contributed by atoms with Gasteiger partial charge in [0, 0.05) is 68.4 Å². The maximum atomic E-state index is 13.6. The van der Waals surface area contributed by atoms with Crippen LogP contribution in [0.1, 0.15) is 36.2 Å². The molecule has 3 rings (SSSR count). The summed E-state index contributed by atoms with van der Waals surface area (Å²) in [4.78, 5) is 15.4. The molecule has 11 heteroatoms. The Balaban J connectivity index is 1.71. The van der Waals surface area contributed by atoms with Crippen molar-refractivity contribution in [2.24, 2.45) is 5.92 Å². The number of benzene rings is 2. The highest BCUT2D eigenvalue weighted by atomic mass is 35.5. The molecule has 2 N–H and O–H groups in total. The zero-order valence-corrected chi connectivity index (χ0v) is 24.0. The van der Waals surface area contributed by atoms with Crippen molar-refractivity contribution in [2.75, 3.05) is 47.1 Å². The van der Waals surface area contributed by atoms with E-state index in [1.165, 1.54) is 0 Å². The standard InChI is InChI=1S/C27H38ClN3O6S/c1-19(2)31(27(32)20-10-11-25(36-4)26(14-20)37-13-7-12-35-3)17-22-15-29-16-24(22)30-38(33,34)18-21-8-5-6-9-23(21)28/h5-6,8-11,14,19,22,24,29-30H,7,12-13,15-18H2,1-4H3. The van der Waals surface area contributed by atoms with Gasteiger partial charge in [-0.2, -0.15) is 0 Å². The van der Waals surface area contributed by atoms with E-state index < -0.39 is 10.0 Å². The van der Waals surface area contributed by atoms with Crippen LogP contribution in [0.4, 0.5) is 0 Å². The SMILES string of the molecule is COCCCOc1cc(C(=O)N(CC2CNCC2NS(=O)(=O)Cc2ccccc2Cl)C(C)C)ccc1OC. The smallest absolute Gasteiger partial charge is 0.254 e. The molecule has 0 aromatic heterocycles. The van der Waals surface area contributed by atoms with Crippen LogP contribution in [0.2, 0.25) is 5.02 Å². The van der Waals surface area contributed by atoms with Gasteiger partial charge in [-0.3, -0.25) is 4.79 Å². The molecule has 2 atom stereocenters. The fourth-order valence-corrected chi connectivity index (χ4v) is 6.17. The van der Waals surface area contributed by atoms with Crippen molar-refractivity contribution in [1.82, 2.24) is 14.9 Å². The average Bonchev–Trinajstić information content (AvgIpc) is 3.31. The average molecular weight is 568 g/mol. The largest absolute Gasteiger partial charge is 0.493 e. The summed E-state index contributed by atoms with van der Waals surface area (Å²) in [6, 6.07) is 11.6. The lowest BCUT2D eigenvalue weighted by Crippen LogP contribution is -2.47. The second-order valence-electron chi connectivity index (χ2n) is 9.60. The molecule has 210 valence electrons. The van der Waals surface area contributed by atoms with Gasteiger partial charge in [0.1, 0.15) is 0 Å². The van der Waals surface area contributed by atoms with Gasteiger partial charge >= 0.3 is 0 Å². The number of rotatable bonds is 14. The van der Waals surface area contributed by atoms with E-state index in [-0.39, 0.29) is 29.7 Å². The topological polar surface area (TPSA) is 106 Å². The van der Waals surface area contributed by atoms with Gasteiger partial charge in [0.05, 0.1) is 19.5 Å². The molecular weight excluding hydrogens is 530 g/mol. The molecule has 1 heterocycles. The number of methoxy groups -OCH3 is 2. The molecular formula is C27H38ClN3O6S. The molecule has 0 spiro atoms. The molecule has 1 fully saturated rings. The van der Waals surface area contributed by atoms with Crippen LogP contribution < -0.4 is 19.5 Å². The van der Waals surface area contributed by atoms with Crippen LogP contribution in [0.25, 0.3) is 0 Å². The van der Waals surface area contributed by atoms with E-state index in [0.29, 0.717) is 66.9 Å². The minimum absolute atomic E-state index is 0.100. The highest BCUT2D eigenvalue weighted by Gasteiger charge is 2.34. The van der Waals surface area contributed by atoms with E-state index >= 15 is 0 Å². The highest BCUT2D eigenvalue weighted by molar-refractivity contribution is 7.88. The van der Waals surface area contributed by atoms with E-state index in [2.05, 4.69) is 10.0 Å². The number of carbonyl (C=O) groups is 1. The third kappa shape index (κ3) is 8.31. The molecule has 0 aliphatic carbocycles. The monoisotopic (exact) mass is 567 g/mol. The molecule has 1 aliphatic heterocycles. The molecule has 0 saturated carbocycles. The van der Waals surface area contributed by atoms with Crippen molar-refractivity contribution in [1.29, 1.82) is 0 Å². The summed E-state index contributed by atoms with van der Waals surface area (Å²) in [5.41, 5.74) is 1.02. The van der Waals surface area contributed by atoms with Crippen LogP contribution in [-0.4, -0.2) is 78.4 Å². The van der Waals surface area contributed by atoms with Crippen LogP contribution in [0.15, 0.2) is 42.5 Å². The normalized spacial score (nSPS) is 17.5. The summed E-state index contributed by atoms with van der Waals surface area (Å²) < 4.78 is 45.0. The summed E-state index contributed by atoms with van der Waals surface area (Å²) in [5, 5.41) is 3.68. The summed E-state index contributed by atoms with van der Waals surface area (Å²) in [6.07, 6.45) is 0.707. The molecule has 0 bridgehead atoms. The predicted octanol–water partition coefficient (Wildman–Crippen LogP) is 3.32. The first-order valence-electron chi connectivity index (χ1n) is 12.7. The Morgan fingerprint density at radius 2 is 1.89 bits per heavy atom. The van der Waals surface area contributed by atoms with Gasteiger partial charge in [-0.25, -0.2) is 13.1 Å². The first-order chi connectivity index (χ1) is 18.1. The first kappa shape index (κ1) is 30.2. The Hall–Kier alpha value is -2.37. The molecule has 2 unspecified atom stereocenters. The number of hydrogen-bond donors (Lipinski definition) is 2. The predicted molar refractivity (Wildman–Crippen MR) is 149 cm³/mol. The fraction of sp³-hybridized carbons (Fsp3) is 0.519. The Bertz CT molecular complexity index is 1180. The Morgan fingerprint density at radius 3 is 2.58 bits per heavy atom. The zero-order chi connectivity index (χ0) is 27.7. The van der Waals surface area contributed by atoms with Gasteiger partial charge in [-0.05, 0) is 43.7 Å². The van der Waals surface area contributed by atoms with Gasteiger partial charge in [-0.15, -0.1) is 0 Å². The van der Waals surface area contributed by atoms with Crippen LogP contribution in [-0.2, 0) is 20.5 Å². The fourth-order valence-electron chi connectivity index (χ4n) is 4.41. The minimum atomic E-state index is -3.65. The molecule has 38 heavy (non-hydrogen) atoms. The number of hydrogen-bond acceptors (Lipinski definition) is 7. The Kier molecular flexibility index (Phi) is 11.2. The molecule has 1 amide bonds. The molecule has 9 nitrogen and oxygen atoms in total. The van der Waals surface area contributed by atoms with Crippen LogP contribution in [0.5, 0.6) is 11.5 Å². The van der Waals surface area contributed by atoms with Gasteiger partial charge in [0.15, 0.2) is 11.5 Å². The molecule has 1 saturated heterocycles. The number of nitrogens with one attached hydrogen (secondary N) is 2. The van der Waals surface area contributed by atoms with Crippen molar-refractivity contribution in [3.05, 3.63) is 58.6 Å². The van der Waals surface area contributed by atoms with Crippen LogP contribution >= 0.6 is 11.6 Å². The van der Waals surface area contributed by atoms with Gasteiger partial charge in [-0.1, -0.05) is 29.8 Å². The Morgan fingerprint density at radius 1 is 1.13 bits per heavy atom. The van der Waals surface area contributed by atoms with E-state index in [0.717, 1.165) is 0 Å². The maximum Gasteiger partial charge on any atom is 0.254 e. The van der Waals surface area contributed by atoms with Gasteiger partial charge in [0.2, 0.25) is 10.0 Å². The Labute approximate surface area is 230 Å². The van der Waals surface area contributed by atoms with Crippen molar-refractivity contribution in [3.63, 3.8) is 0 Å². The lowest BCUT2D eigenvalue weighted by Gasteiger charge is -2.32. The second-order valence-corrected chi connectivity index (χ2v) is 11.8. The van der Waals surface area contributed by atoms with E-state index in [4.69, 9.17) is 25.8 Å². The summed E-state index contributed by atoms with van der Waals surface area (Å²) in [5.74, 6) is 0.565. The van der Waals surface area contributed by atoms with Crippen molar-refractivity contribution >= 4 is 27.5 Å². The van der Waals surface area contributed by atoms with Gasteiger partial charge in [0.25, 0.3) is 5.91 Å². The number of sulfonamides is 1. The highest BCUT2D eigenvalue weighted by Crippen LogP contribution is 2.29. The summed E-state index contributed by atoms with van der Waals surface area (Å²) in [7, 11) is -0.457. The quantitative estimate of drug-likeness (QED) is 0.337. The van der Waals surface area contributed by atoms with Crippen LogP contribution in [0, 0.1) is 5.92 Å². The lowest BCUT2D eigenvalue weighted by molar-refractivity contribution is 0.0671. The molecule has 0 radical (unpaired) electrons. The van der Waals surface area contributed by atoms with Crippen molar-refractivity contribution in [2.45, 2.75) is 38.1 Å². The molecule has 1 aliphatic rings. The second kappa shape index (κ2) is 14.1. The minimum Gasteiger partial charge on any atom is -0.493 e. The third-order valence-electron chi connectivity index (χ3n) is 6.45. The van der Waals surface area contributed by atoms with Crippen molar-refractivity contribution < 1.29 is 27.4 Å². The molecule has 2 aromatic rings. The zero-order valence-electron chi connectivity index (χ0n) is 22.4. The lowest BCUT2D eigenvalue weighted by atomic mass is 10.0. The number of nitrogens with zero attached hydrogens (tertiary/aromatic N) is 1. The first-order valence-corrected chi connectivity index (χ1v) is 14.7. The third-order valence-corrected chi connectivity index (χ3v) is 8.17. The summed E-state index contributed by atoms with van der Waals surface area (Å²) in [6.45, 7) is 6.35. The number of halogens is 1. The number of ether oxygens (including phenoxy) is 3. The van der Waals surface area contributed by atoms with E-state index in [1.807, 2.05) is 13.8 Å². The van der Waals surface area contributed by atoms with Crippen molar-refractivity contribution in [3.8, 4) is 11.5 Å². The van der Waals surface area contributed by atoms with E-state index in [9.17, 15) is 13.2 Å². The summed E-state index contributed by atoms with van der Waals surface area (Å²) >= 11 is 6.17. The number of amides is 1. The number of carbonyl (C=O) groups excluding carboxylic acids is 1.